The lowest BCUT2D eigenvalue weighted by molar-refractivity contribution is 0.112. The Kier molecular flexibility index (Phi) is 9.78. The average molecular weight is 470 g/mol. The quantitative estimate of drug-likeness (QED) is 0.288. The van der Waals surface area contributed by atoms with Crippen LogP contribution in [0.1, 0.15) is 102 Å². The summed E-state index contributed by atoms with van der Waals surface area (Å²) in [7, 11) is -1.20. The van der Waals surface area contributed by atoms with Gasteiger partial charge in [0.25, 0.3) is 5.95 Å². The van der Waals surface area contributed by atoms with Crippen molar-refractivity contribution < 1.29 is 9.84 Å². The van der Waals surface area contributed by atoms with Gasteiger partial charge in [-0.2, -0.15) is 0 Å². The van der Waals surface area contributed by atoms with Crippen molar-refractivity contribution in [3.8, 4) is 0 Å². The van der Waals surface area contributed by atoms with E-state index in [1.54, 1.807) is 0 Å². The second kappa shape index (κ2) is 13.0. The monoisotopic (exact) mass is 469 g/mol. The first-order valence-corrected chi connectivity index (χ1v) is 16.1. The van der Waals surface area contributed by atoms with Crippen LogP contribution in [-0.2, 0) is 4.74 Å². The Morgan fingerprint density at radius 1 is 0.758 bits per heavy atom. The minimum absolute atomic E-state index is 0.166. The summed E-state index contributed by atoms with van der Waals surface area (Å²) in [6.07, 6.45) is 29.0. The molecule has 0 aliphatic heterocycles. The number of ether oxygens (including phenoxy) is 1. The molecule has 3 saturated carbocycles. The van der Waals surface area contributed by atoms with Gasteiger partial charge in [-0.15, -0.1) is 0 Å². The maximum absolute atomic E-state index is 10.7. The van der Waals surface area contributed by atoms with Crippen LogP contribution < -0.4 is 0 Å². The molecular formula is C30H46O2P+. The molecule has 3 aliphatic rings. The van der Waals surface area contributed by atoms with E-state index in [2.05, 4.69) is 24.3 Å². The molecule has 33 heavy (non-hydrogen) atoms. The van der Waals surface area contributed by atoms with Gasteiger partial charge in [-0.1, -0.05) is 55.7 Å². The molecule has 1 aromatic carbocycles. The summed E-state index contributed by atoms with van der Waals surface area (Å²) in [5, 5.41) is 10.7. The number of allylic oxidation sites excluding steroid dienone is 1. The molecule has 3 aliphatic carbocycles. The molecule has 2 nitrogen and oxygen atoms in total. The van der Waals surface area contributed by atoms with E-state index in [-0.39, 0.29) is 5.95 Å². The van der Waals surface area contributed by atoms with E-state index in [9.17, 15) is 5.11 Å². The van der Waals surface area contributed by atoms with Crippen molar-refractivity contribution in [3.05, 3.63) is 54.0 Å². The Balaban J connectivity index is 1.49. The summed E-state index contributed by atoms with van der Waals surface area (Å²) >= 11 is 0. The summed E-state index contributed by atoms with van der Waals surface area (Å²) < 4.78 is 5.77. The van der Waals surface area contributed by atoms with Gasteiger partial charge in [0.2, 0.25) is 0 Å². The van der Waals surface area contributed by atoms with Crippen LogP contribution in [0.4, 0.5) is 0 Å². The standard InChI is InChI=1S/C30H45O2P/c31-30(32-24-13-16-26-14-5-1-6-15-26)23-25-33(27-17-7-2-8-18-27,28-19-9-3-10-20-28)29-21-11-4-12-22-29/h1,5-6,13-16,23,27-29H,2-4,7-12,17-22,24-25H2/p+1/b16-13+,30-23+. The van der Waals surface area contributed by atoms with Crippen LogP contribution in [-0.4, -0.2) is 34.9 Å². The number of hydrogen-bond donors (Lipinski definition) is 1. The molecule has 0 saturated heterocycles. The third-order valence-electron chi connectivity index (χ3n) is 8.78. The molecule has 0 atom stereocenters. The Hall–Kier alpha value is -1.27. The Morgan fingerprint density at radius 2 is 1.24 bits per heavy atom. The van der Waals surface area contributed by atoms with E-state index < -0.39 is 7.26 Å². The zero-order chi connectivity index (χ0) is 22.8. The predicted octanol–water partition coefficient (Wildman–Crippen LogP) is 9.13. The van der Waals surface area contributed by atoms with Crippen molar-refractivity contribution in [3.63, 3.8) is 0 Å². The molecule has 3 heteroatoms. The van der Waals surface area contributed by atoms with Gasteiger partial charge in [0.05, 0.1) is 23.1 Å². The maximum Gasteiger partial charge on any atom is 0.276 e. The summed E-state index contributed by atoms with van der Waals surface area (Å²) in [5.41, 5.74) is 4.00. The van der Waals surface area contributed by atoms with Gasteiger partial charge in [0.15, 0.2) is 0 Å². The molecule has 4 rings (SSSR count). The molecule has 0 heterocycles. The molecule has 182 valence electrons. The fourth-order valence-electron chi connectivity index (χ4n) is 7.20. The van der Waals surface area contributed by atoms with Crippen LogP contribution >= 0.6 is 7.26 Å². The van der Waals surface area contributed by atoms with Gasteiger partial charge >= 0.3 is 0 Å². The van der Waals surface area contributed by atoms with Crippen LogP contribution in [0.2, 0.25) is 0 Å². The van der Waals surface area contributed by atoms with Crippen molar-refractivity contribution in [1.82, 2.24) is 0 Å². The fourth-order valence-corrected chi connectivity index (χ4v) is 14.3. The molecule has 3 fully saturated rings. The molecule has 0 aromatic heterocycles. The molecule has 1 N–H and O–H groups in total. The molecule has 1 aromatic rings. The number of benzene rings is 1. The number of aliphatic hydroxyl groups is 1. The van der Waals surface area contributed by atoms with Crippen LogP contribution in [0.15, 0.2) is 48.4 Å². The Bertz CT molecular complexity index is 692. The highest BCUT2D eigenvalue weighted by atomic mass is 31.2. The van der Waals surface area contributed by atoms with Crippen molar-refractivity contribution in [2.45, 2.75) is 113 Å². The normalized spacial score (nSPS) is 22.6. The lowest BCUT2D eigenvalue weighted by atomic mass is 9.99. The fraction of sp³-hybridized carbons (Fsp3) is 0.667. The van der Waals surface area contributed by atoms with E-state index in [0.29, 0.717) is 6.61 Å². The van der Waals surface area contributed by atoms with E-state index in [4.69, 9.17) is 4.74 Å². The third-order valence-corrected chi connectivity index (χ3v) is 15.2. The summed E-state index contributed by atoms with van der Waals surface area (Å²) in [6, 6.07) is 10.3. The number of aliphatic hydroxyl groups excluding tert-OH is 1. The minimum atomic E-state index is -1.20. The van der Waals surface area contributed by atoms with Crippen LogP contribution in [0.5, 0.6) is 0 Å². The average Bonchev–Trinajstić information content (AvgIpc) is 2.89. The lowest BCUT2D eigenvalue weighted by Gasteiger charge is -2.48. The van der Waals surface area contributed by atoms with Gasteiger partial charge in [-0.25, -0.2) is 0 Å². The minimum Gasteiger partial charge on any atom is -0.481 e. The third kappa shape index (κ3) is 6.66. The molecule has 0 spiro atoms. The largest absolute Gasteiger partial charge is 0.481 e. The number of hydrogen-bond acceptors (Lipinski definition) is 2. The Labute approximate surface area is 203 Å². The summed E-state index contributed by atoms with van der Waals surface area (Å²) in [4.78, 5) is 0. The van der Waals surface area contributed by atoms with Gasteiger partial charge in [0.1, 0.15) is 6.61 Å². The topological polar surface area (TPSA) is 29.5 Å². The van der Waals surface area contributed by atoms with E-state index in [1.165, 1.54) is 102 Å². The highest BCUT2D eigenvalue weighted by Crippen LogP contribution is 2.77. The van der Waals surface area contributed by atoms with Gasteiger partial charge < -0.3 is 9.84 Å². The molecule has 0 unspecified atom stereocenters. The summed E-state index contributed by atoms with van der Waals surface area (Å²) in [6.45, 7) is 0.430. The zero-order valence-corrected chi connectivity index (χ0v) is 21.6. The van der Waals surface area contributed by atoms with Crippen LogP contribution in [0, 0.1) is 0 Å². The van der Waals surface area contributed by atoms with Crippen molar-refractivity contribution in [2.24, 2.45) is 0 Å². The zero-order valence-electron chi connectivity index (χ0n) is 20.7. The second-order valence-electron chi connectivity index (χ2n) is 10.7. The molecular weight excluding hydrogens is 423 g/mol. The SMILES string of the molecule is O/C(=C\C[P+](C1CCCCC1)(C1CCCCC1)C1CCCCC1)OC/C=C/c1ccccc1. The summed E-state index contributed by atoms with van der Waals surface area (Å²) in [5.74, 6) is 0.166. The molecule has 0 radical (unpaired) electrons. The first-order valence-electron chi connectivity index (χ1n) is 13.9. The molecule has 0 amide bonds. The lowest BCUT2D eigenvalue weighted by Crippen LogP contribution is -2.37. The van der Waals surface area contributed by atoms with E-state index in [1.807, 2.05) is 24.3 Å². The first kappa shape index (κ1) is 24.8. The van der Waals surface area contributed by atoms with Gasteiger partial charge in [-0.3, -0.25) is 0 Å². The van der Waals surface area contributed by atoms with Crippen molar-refractivity contribution in [2.75, 3.05) is 12.8 Å². The first-order chi connectivity index (χ1) is 16.3. The van der Waals surface area contributed by atoms with Crippen molar-refractivity contribution in [1.29, 1.82) is 0 Å². The van der Waals surface area contributed by atoms with E-state index in [0.717, 1.165) is 23.1 Å². The highest BCUT2D eigenvalue weighted by Gasteiger charge is 2.56. The smallest absolute Gasteiger partial charge is 0.276 e. The van der Waals surface area contributed by atoms with Crippen LogP contribution in [0.25, 0.3) is 6.08 Å². The van der Waals surface area contributed by atoms with Crippen LogP contribution in [0.3, 0.4) is 0 Å². The Morgan fingerprint density at radius 3 is 1.73 bits per heavy atom. The van der Waals surface area contributed by atoms with Gasteiger partial charge in [0, 0.05) is 13.3 Å². The maximum atomic E-state index is 10.7. The van der Waals surface area contributed by atoms with Crippen molar-refractivity contribution >= 4 is 13.3 Å². The highest BCUT2D eigenvalue weighted by molar-refractivity contribution is 7.78. The van der Waals surface area contributed by atoms with Gasteiger partial charge in [-0.05, 0) is 88.7 Å². The molecule has 0 bridgehead atoms. The second-order valence-corrected chi connectivity index (χ2v) is 15.3. The van der Waals surface area contributed by atoms with E-state index >= 15 is 0 Å². The number of rotatable bonds is 9. The predicted molar refractivity (Wildman–Crippen MR) is 145 cm³/mol.